The SMILES string of the molecule is O=C(C1CCC1)N1CCCC1c1ccc(F)cc1. The van der Waals surface area contributed by atoms with Gasteiger partial charge in [-0.1, -0.05) is 18.6 Å². The van der Waals surface area contributed by atoms with E-state index in [0.29, 0.717) is 5.91 Å². The van der Waals surface area contributed by atoms with Crippen molar-refractivity contribution in [1.29, 1.82) is 0 Å². The van der Waals surface area contributed by atoms with E-state index in [2.05, 4.69) is 0 Å². The molecule has 1 aliphatic carbocycles. The minimum Gasteiger partial charge on any atom is -0.335 e. The first-order chi connectivity index (χ1) is 8.75. The average Bonchev–Trinajstić information content (AvgIpc) is 2.76. The van der Waals surface area contributed by atoms with E-state index in [4.69, 9.17) is 0 Å². The van der Waals surface area contributed by atoms with Gasteiger partial charge in [-0.2, -0.15) is 0 Å². The summed E-state index contributed by atoms with van der Waals surface area (Å²) in [7, 11) is 0. The molecule has 0 spiro atoms. The van der Waals surface area contributed by atoms with E-state index >= 15 is 0 Å². The van der Waals surface area contributed by atoms with Crippen LogP contribution in [0.15, 0.2) is 24.3 Å². The van der Waals surface area contributed by atoms with Crippen molar-refractivity contribution in [2.75, 3.05) is 6.54 Å². The number of carbonyl (C=O) groups excluding carboxylic acids is 1. The smallest absolute Gasteiger partial charge is 0.226 e. The van der Waals surface area contributed by atoms with Gasteiger partial charge in [0, 0.05) is 12.5 Å². The summed E-state index contributed by atoms with van der Waals surface area (Å²) < 4.78 is 12.9. The zero-order chi connectivity index (χ0) is 12.5. The molecule has 1 amide bonds. The van der Waals surface area contributed by atoms with Crippen LogP contribution in [0.2, 0.25) is 0 Å². The summed E-state index contributed by atoms with van der Waals surface area (Å²) in [6.45, 7) is 0.859. The Balaban J connectivity index is 1.78. The molecular formula is C15H18FNO. The van der Waals surface area contributed by atoms with Gasteiger partial charge in [-0.3, -0.25) is 4.79 Å². The Morgan fingerprint density at radius 2 is 1.83 bits per heavy atom. The highest BCUT2D eigenvalue weighted by Crippen LogP contribution is 2.37. The van der Waals surface area contributed by atoms with E-state index in [0.717, 1.165) is 37.8 Å². The summed E-state index contributed by atoms with van der Waals surface area (Å²) in [6, 6.07) is 6.76. The van der Waals surface area contributed by atoms with E-state index in [1.165, 1.54) is 18.6 Å². The normalized spacial score (nSPS) is 24.1. The molecule has 2 aliphatic rings. The molecule has 3 rings (SSSR count). The molecular weight excluding hydrogens is 229 g/mol. The van der Waals surface area contributed by atoms with Gasteiger partial charge in [0.2, 0.25) is 5.91 Å². The fourth-order valence-corrected chi connectivity index (χ4v) is 2.95. The van der Waals surface area contributed by atoms with Crippen molar-refractivity contribution >= 4 is 5.91 Å². The Hall–Kier alpha value is -1.38. The van der Waals surface area contributed by atoms with Crippen molar-refractivity contribution in [3.8, 4) is 0 Å². The number of rotatable bonds is 2. The lowest BCUT2D eigenvalue weighted by Crippen LogP contribution is -2.38. The van der Waals surface area contributed by atoms with Gasteiger partial charge < -0.3 is 4.90 Å². The van der Waals surface area contributed by atoms with Gasteiger partial charge in [-0.15, -0.1) is 0 Å². The maximum Gasteiger partial charge on any atom is 0.226 e. The van der Waals surface area contributed by atoms with E-state index in [9.17, 15) is 9.18 Å². The van der Waals surface area contributed by atoms with Crippen LogP contribution in [0.25, 0.3) is 0 Å². The topological polar surface area (TPSA) is 20.3 Å². The van der Waals surface area contributed by atoms with Crippen LogP contribution in [-0.4, -0.2) is 17.4 Å². The lowest BCUT2D eigenvalue weighted by Gasteiger charge is -2.33. The molecule has 1 atom stereocenters. The molecule has 0 bridgehead atoms. The first kappa shape index (κ1) is 11.7. The molecule has 1 aliphatic heterocycles. The molecule has 1 unspecified atom stereocenters. The Morgan fingerprint density at radius 3 is 2.44 bits per heavy atom. The molecule has 18 heavy (non-hydrogen) atoms. The number of hydrogen-bond acceptors (Lipinski definition) is 1. The molecule has 0 radical (unpaired) electrons. The maximum atomic E-state index is 12.9. The second-order valence-electron chi connectivity index (χ2n) is 5.37. The number of amides is 1. The Labute approximate surface area is 107 Å². The molecule has 1 aromatic rings. The predicted octanol–water partition coefficient (Wildman–Crippen LogP) is 3.29. The second kappa shape index (κ2) is 4.71. The molecule has 2 nitrogen and oxygen atoms in total. The van der Waals surface area contributed by atoms with Gasteiger partial charge in [-0.05, 0) is 43.4 Å². The van der Waals surface area contributed by atoms with Gasteiger partial charge in [0.25, 0.3) is 0 Å². The predicted molar refractivity (Wildman–Crippen MR) is 67.4 cm³/mol. The summed E-state index contributed by atoms with van der Waals surface area (Å²) in [6.07, 6.45) is 5.34. The number of hydrogen-bond donors (Lipinski definition) is 0. The maximum absolute atomic E-state index is 12.9. The molecule has 3 heteroatoms. The van der Waals surface area contributed by atoms with E-state index in [-0.39, 0.29) is 17.8 Å². The fraction of sp³-hybridized carbons (Fsp3) is 0.533. The second-order valence-corrected chi connectivity index (χ2v) is 5.37. The summed E-state index contributed by atoms with van der Waals surface area (Å²) in [5, 5.41) is 0. The lowest BCUT2D eigenvalue weighted by molar-refractivity contribution is -0.139. The van der Waals surface area contributed by atoms with Crippen molar-refractivity contribution < 1.29 is 9.18 Å². The first-order valence-corrected chi connectivity index (χ1v) is 6.81. The minimum atomic E-state index is -0.214. The van der Waals surface area contributed by atoms with Gasteiger partial charge in [0.15, 0.2) is 0 Å². The van der Waals surface area contributed by atoms with E-state index < -0.39 is 0 Å². The highest BCUT2D eigenvalue weighted by Gasteiger charge is 2.36. The molecule has 0 aromatic heterocycles. The highest BCUT2D eigenvalue weighted by molar-refractivity contribution is 5.80. The summed E-state index contributed by atoms with van der Waals surface area (Å²) >= 11 is 0. The molecule has 1 heterocycles. The van der Waals surface area contributed by atoms with Gasteiger partial charge in [0.05, 0.1) is 6.04 Å². The van der Waals surface area contributed by atoms with Crippen molar-refractivity contribution in [1.82, 2.24) is 4.90 Å². The number of halogens is 1. The zero-order valence-electron chi connectivity index (χ0n) is 10.4. The minimum absolute atomic E-state index is 0.165. The monoisotopic (exact) mass is 247 g/mol. The molecule has 1 saturated carbocycles. The summed E-state index contributed by atoms with van der Waals surface area (Å²) in [5.41, 5.74) is 1.07. The van der Waals surface area contributed by atoms with Crippen LogP contribution in [0.5, 0.6) is 0 Å². The standard InChI is InChI=1S/C15H18FNO/c16-13-8-6-11(7-9-13)14-5-2-10-17(14)15(18)12-3-1-4-12/h6-9,12,14H,1-5,10H2. The van der Waals surface area contributed by atoms with Gasteiger partial charge >= 0.3 is 0 Å². The van der Waals surface area contributed by atoms with Crippen molar-refractivity contribution in [3.63, 3.8) is 0 Å². The van der Waals surface area contributed by atoms with Crippen LogP contribution in [0.3, 0.4) is 0 Å². The van der Waals surface area contributed by atoms with E-state index in [1.807, 2.05) is 17.0 Å². The van der Waals surface area contributed by atoms with Crippen molar-refractivity contribution in [2.24, 2.45) is 5.92 Å². The molecule has 0 N–H and O–H groups in total. The fourth-order valence-electron chi connectivity index (χ4n) is 2.95. The third-order valence-electron chi connectivity index (χ3n) is 4.25. The lowest BCUT2D eigenvalue weighted by atomic mass is 9.84. The third-order valence-corrected chi connectivity index (χ3v) is 4.25. The Bertz CT molecular complexity index is 438. The van der Waals surface area contributed by atoms with Crippen molar-refractivity contribution in [2.45, 2.75) is 38.1 Å². The summed E-state index contributed by atoms with van der Waals surface area (Å²) in [4.78, 5) is 14.3. The zero-order valence-corrected chi connectivity index (χ0v) is 10.4. The van der Waals surface area contributed by atoms with Crippen LogP contribution in [0.4, 0.5) is 4.39 Å². The largest absolute Gasteiger partial charge is 0.335 e. The van der Waals surface area contributed by atoms with Crippen LogP contribution in [0.1, 0.15) is 43.7 Å². The third kappa shape index (κ3) is 2.02. The van der Waals surface area contributed by atoms with Gasteiger partial charge in [0.1, 0.15) is 5.82 Å². The number of likely N-dealkylation sites (tertiary alicyclic amines) is 1. The van der Waals surface area contributed by atoms with Crippen LogP contribution < -0.4 is 0 Å². The summed E-state index contributed by atoms with van der Waals surface area (Å²) in [5.74, 6) is 0.354. The molecule has 2 fully saturated rings. The average molecular weight is 247 g/mol. The Kier molecular flexibility index (Phi) is 3.06. The molecule has 1 saturated heterocycles. The number of benzene rings is 1. The number of nitrogens with zero attached hydrogens (tertiary/aromatic N) is 1. The number of carbonyl (C=O) groups is 1. The molecule has 1 aromatic carbocycles. The Morgan fingerprint density at radius 1 is 1.11 bits per heavy atom. The van der Waals surface area contributed by atoms with E-state index in [1.54, 1.807) is 0 Å². The van der Waals surface area contributed by atoms with Crippen molar-refractivity contribution in [3.05, 3.63) is 35.6 Å². The van der Waals surface area contributed by atoms with Crippen LogP contribution in [-0.2, 0) is 4.79 Å². The molecule has 96 valence electrons. The highest BCUT2D eigenvalue weighted by atomic mass is 19.1. The van der Waals surface area contributed by atoms with Gasteiger partial charge in [-0.25, -0.2) is 4.39 Å². The quantitative estimate of drug-likeness (QED) is 0.785. The first-order valence-electron chi connectivity index (χ1n) is 6.81. The van der Waals surface area contributed by atoms with Crippen LogP contribution >= 0.6 is 0 Å². The van der Waals surface area contributed by atoms with Crippen LogP contribution in [0, 0.1) is 11.7 Å².